The van der Waals surface area contributed by atoms with Crippen molar-refractivity contribution in [3.8, 4) is 0 Å². The number of carbonyl (C=O) groups excluding carboxylic acids is 5. The largest absolute Gasteiger partial charge is 0.463 e. The van der Waals surface area contributed by atoms with Crippen molar-refractivity contribution in [2.45, 2.75) is 103 Å². The van der Waals surface area contributed by atoms with E-state index < -0.39 is 71.8 Å². The van der Waals surface area contributed by atoms with E-state index in [1.807, 2.05) is 6.92 Å². The molecule has 12 nitrogen and oxygen atoms in total. The van der Waals surface area contributed by atoms with Crippen molar-refractivity contribution in [1.82, 2.24) is 0 Å². The summed E-state index contributed by atoms with van der Waals surface area (Å²) in [5.74, 6) is -3.26. The summed E-state index contributed by atoms with van der Waals surface area (Å²) in [6, 6.07) is 0. The van der Waals surface area contributed by atoms with Gasteiger partial charge in [-0.15, -0.1) is 0 Å². The number of esters is 4. The highest BCUT2D eigenvalue weighted by Crippen LogP contribution is 2.34. The van der Waals surface area contributed by atoms with Crippen LogP contribution in [0.15, 0.2) is 0 Å². The van der Waals surface area contributed by atoms with Crippen molar-refractivity contribution in [2.24, 2.45) is 0 Å². The number of ketones is 1. The van der Waals surface area contributed by atoms with Crippen molar-refractivity contribution in [3.63, 3.8) is 0 Å². The molecule has 0 aromatic carbocycles. The summed E-state index contributed by atoms with van der Waals surface area (Å²) in [6.45, 7) is 9.19. The van der Waals surface area contributed by atoms with Gasteiger partial charge < -0.3 is 33.2 Å². The van der Waals surface area contributed by atoms with Gasteiger partial charge in [-0.2, -0.15) is 0 Å². The second-order valence-electron chi connectivity index (χ2n) is 8.39. The number of alkyl halides is 1. The fraction of sp³-hybridized carbons (Fsp3) is 0.783. The highest BCUT2D eigenvalue weighted by Gasteiger charge is 2.54. The van der Waals surface area contributed by atoms with Crippen LogP contribution in [0.25, 0.3) is 0 Å². The first-order valence-electron chi connectivity index (χ1n) is 11.5. The first kappa shape index (κ1) is 31.9. The molecule has 206 valence electrons. The van der Waals surface area contributed by atoms with Gasteiger partial charge in [0.05, 0.1) is 0 Å². The van der Waals surface area contributed by atoms with Crippen LogP contribution >= 0.6 is 15.9 Å². The standard InChI is InChI=1S/C23H35BrO12/c1-8-9-10-30-22(23(7,24)12(2)25)36-21-20(34-16(6)29)19(33-15(5)28)18(32-14(4)27)17(35-21)11-31-13(3)26/h17-22H,8-11H2,1-7H3/t17-,18-,19+,20-,21+,22-,23+/m1/s1. The van der Waals surface area contributed by atoms with Crippen LogP contribution < -0.4 is 0 Å². The molecule has 0 aromatic rings. The molecule has 0 aliphatic carbocycles. The normalized spacial score (nSPS) is 26.2. The van der Waals surface area contributed by atoms with E-state index in [4.69, 9.17) is 33.2 Å². The Morgan fingerprint density at radius 3 is 1.86 bits per heavy atom. The molecule has 0 saturated carbocycles. The van der Waals surface area contributed by atoms with E-state index in [1.54, 1.807) is 0 Å². The summed E-state index contributed by atoms with van der Waals surface area (Å²) < 4.78 is 37.6. The maximum Gasteiger partial charge on any atom is 0.303 e. The van der Waals surface area contributed by atoms with Crippen LogP contribution in [-0.4, -0.2) is 84.2 Å². The van der Waals surface area contributed by atoms with Crippen LogP contribution in [0.3, 0.4) is 0 Å². The summed E-state index contributed by atoms with van der Waals surface area (Å²) >= 11 is 3.34. The quantitative estimate of drug-likeness (QED) is 0.103. The average molecular weight is 583 g/mol. The van der Waals surface area contributed by atoms with Gasteiger partial charge >= 0.3 is 23.9 Å². The smallest absolute Gasteiger partial charge is 0.303 e. The number of ether oxygens (including phenoxy) is 7. The second-order valence-corrected chi connectivity index (χ2v) is 10.0. The van der Waals surface area contributed by atoms with Crippen LogP contribution in [0.5, 0.6) is 0 Å². The Bertz CT molecular complexity index is 798. The molecule has 36 heavy (non-hydrogen) atoms. The fourth-order valence-corrected chi connectivity index (χ4v) is 3.48. The van der Waals surface area contributed by atoms with Crippen molar-refractivity contribution in [3.05, 3.63) is 0 Å². The molecule has 1 rings (SSSR count). The van der Waals surface area contributed by atoms with Gasteiger partial charge in [0.25, 0.3) is 0 Å². The number of unbranched alkanes of at least 4 members (excludes halogenated alkanes) is 1. The molecule has 0 radical (unpaired) electrons. The number of carbonyl (C=O) groups is 5. The molecule has 0 amide bonds. The Labute approximate surface area is 218 Å². The lowest BCUT2D eigenvalue weighted by Crippen LogP contribution is -2.64. The van der Waals surface area contributed by atoms with E-state index in [0.29, 0.717) is 6.42 Å². The Morgan fingerprint density at radius 2 is 1.39 bits per heavy atom. The number of hydrogen-bond donors (Lipinski definition) is 0. The van der Waals surface area contributed by atoms with E-state index in [0.717, 1.165) is 27.2 Å². The van der Waals surface area contributed by atoms with Crippen molar-refractivity contribution >= 4 is 45.6 Å². The molecule has 1 aliphatic heterocycles. The van der Waals surface area contributed by atoms with E-state index in [9.17, 15) is 24.0 Å². The molecular weight excluding hydrogens is 548 g/mol. The molecule has 1 saturated heterocycles. The molecule has 1 aliphatic rings. The molecule has 1 fully saturated rings. The molecule has 0 aromatic heterocycles. The van der Waals surface area contributed by atoms with Gasteiger partial charge in [0.15, 0.2) is 30.4 Å². The fourth-order valence-electron chi connectivity index (χ4n) is 3.24. The lowest BCUT2D eigenvalue weighted by atomic mass is 9.98. The molecule has 0 spiro atoms. The minimum atomic E-state index is -1.48. The first-order valence-corrected chi connectivity index (χ1v) is 12.3. The summed E-state index contributed by atoms with van der Waals surface area (Å²) in [5, 5.41) is 0. The Morgan fingerprint density at radius 1 is 0.861 bits per heavy atom. The molecule has 1 heterocycles. The predicted molar refractivity (Wildman–Crippen MR) is 126 cm³/mol. The Balaban J connectivity index is 3.50. The topological polar surface area (TPSA) is 150 Å². The number of Topliss-reactive ketones (excluding diaryl/α,β-unsaturated/α-hetero) is 1. The zero-order valence-corrected chi connectivity index (χ0v) is 23.2. The maximum atomic E-state index is 12.3. The summed E-state index contributed by atoms with van der Waals surface area (Å²) in [4.78, 5) is 59.6. The van der Waals surface area contributed by atoms with Gasteiger partial charge in [-0.05, 0) is 20.3 Å². The lowest BCUT2D eigenvalue weighted by Gasteiger charge is -2.45. The van der Waals surface area contributed by atoms with Gasteiger partial charge in [0.1, 0.15) is 17.0 Å². The zero-order chi connectivity index (χ0) is 27.6. The molecular formula is C23H35BrO12. The maximum absolute atomic E-state index is 12.3. The van der Waals surface area contributed by atoms with E-state index in [1.165, 1.54) is 20.8 Å². The monoisotopic (exact) mass is 582 g/mol. The van der Waals surface area contributed by atoms with Gasteiger partial charge in [-0.25, -0.2) is 0 Å². The van der Waals surface area contributed by atoms with Crippen LogP contribution in [0.4, 0.5) is 0 Å². The van der Waals surface area contributed by atoms with E-state index >= 15 is 0 Å². The third-order valence-corrected chi connectivity index (χ3v) is 6.04. The molecule has 0 N–H and O–H groups in total. The van der Waals surface area contributed by atoms with Crippen molar-refractivity contribution < 1.29 is 57.1 Å². The SMILES string of the molecule is CCCCO[C@H](O[C@@H]1O[C@H](COC(C)=O)[C@@H](OC(C)=O)[C@H](OC(C)=O)[C@H]1OC(C)=O)[C@@](C)(Br)C(C)=O. The summed E-state index contributed by atoms with van der Waals surface area (Å²) in [7, 11) is 0. The molecule has 7 atom stereocenters. The molecule has 0 bridgehead atoms. The van der Waals surface area contributed by atoms with Crippen LogP contribution in [0.2, 0.25) is 0 Å². The zero-order valence-electron chi connectivity index (χ0n) is 21.6. The van der Waals surface area contributed by atoms with E-state index in [-0.39, 0.29) is 12.4 Å². The van der Waals surface area contributed by atoms with Crippen LogP contribution in [-0.2, 0) is 57.1 Å². The Kier molecular flexibility index (Phi) is 13.0. The van der Waals surface area contributed by atoms with Crippen molar-refractivity contribution in [1.29, 1.82) is 0 Å². The summed E-state index contributed by atoms with van der Waals surface area (Å²) in [6.07, 6.45) is -6.58. The van der Waals surface area contributed by atoms with Crippen LogP contribution in [0.1, 0.15) is 61.3 Å². The summed E-state index contributed by atoms with van der Waals surface area (Å²) in [5.41, 5.74) is 0. The number of hydrogen-bond acceptors (Lipinski definition) is 12. The van der Waals surface area contributed by atoms with Crippen molar-refractivity contribution in [2.75, 3.05) is 13.2 Å². The number of halogens is 1. The minimum Gasteiger partial charge on any atom is -0.463 e. The third kappa shape index (κ3) is 9.75. The third-order valence-electron chi connectivity index (χ3n) is 5.10. The molecule has 13 heteroatoms. The van der Waals surface area contributed by atoms with Gasteiger partial charge in [0, 0.05) is 34.3 Å². The minimum absolute atomic E-state index is 0.237. The molecule has 0 unspecified atom stereocenters. The highest BCUT2D eigenvalue weighted by atomic mass is 79.9. The van der Waals surface area contributed by atoms with E-state index in [2.05, 4.69) is 15.9 Å². The number of rotatable bonds is 13. The second kappa shape index (κ2) is 14.6. The first-order chi connectivity index (χ1) is 16.7. The van der Waals surface area contributed by atoms with Gasteiger partial charge in [-0.3, -0.25) is 24.0 Å². The predicted octanol–water partition coefficient (Wildman–Crippen LogP) is 1.97. The Hall–Kier alpha value is -2.09. The lowest BCUT2D eigenvalue weighted by molar-refractivity contribution is -0.341. The average Bonchev–Trinajstić information content (AvgIpc) is 2.74. The van der Waals surface area contributed by atoms with Gasteiger partial charge in [0.2, 0.25) is 6.29 Å². The van der Waals surface area contributed by atoms with Crippen LogP contribution in [0, 0.1) is 0 Å². The van der Waals surface area contributed by atoms with Gasteiger partial charge in [-0.1, -0.05) is 29.3 Å². The highest BCUT2D eigenvalue weighted by molar-refractivity contribution is 9.10.